The molecule has 0 saturated heterocycles. The normalized spacial score (nSPS) is 10.7. The molecule has 22 heavy (non-hydrogen) atoms. The van der Waals surface area contributed by atoms with Gasteiger partial charge in [0.05, 0.1) is 0 Å². The fourth-order valence-electron chi connectivity index (χ4n) is 3.28. The minimum atomic E-state index is 0.392. The largest absolute Gasteiger partial charge is 0.507 e. The van der Waals surface area contributed by atoms with Gasteiger partial charge >= 0.3 is 0 Å². The van der Waals surface area contributed by atoms with Crippen LogP contribution >= 0.6 is 0 Å². The predicted octanol–water partition coefficient (Wildman–Crippen LogP) is 5.65. The Bertz CT molecular complexity index is 736. The van der Waals surface area contributed by atoms with Gasteiger partial charge in [0.2, 0.25) is 0 Å². The van der Waals surface area contributed by atoms with E-state index in [4.69, 9.17) is 0 Å². The molecule has 3 aromatic carbocycles. The van der Waals surface area contributed by atoms with Crippen LogP contribution in [0.15, 0.2) is 60.7 Å². The first-order chi connectivity index (χ1) is 10.6. The Hall–Kier alpha value is -2.54. The van der Waals surface area contributed by atoms with Crippen LogP contribution in [0, 0.1) is 20.8 Å². The summed E-state index contributed by atoms with van der Waals surface area (Å²) in [6.07, 6.45) is 0. The second-order valence-electron chi connectivity index (χ2n) is 5.71. The highest BCUT2D eigenvalue weighted by Gasteiger charge is 2.18. The third kappa shape index (κ3) is 2.29. The molecule has 1 nitrogen and oxygen atoms in total. The first-order valence-corrected chi connectivity index (χ1v) is 7.54. The van der Waals surface area contributed by atoms with Crippen molar-refractivity contribution in [3.63, 3.8) is 0 Å². The van der Waals surface area contributed by atoms with Gasteiger partial charge in [-0.2, -0.15) is 0 Å². The molecule has 0 radical (unpaired) electrons. The summed E-state index contributed by atoms with van der Waals surface area (Å²) in [4.78, 5) is 0. The number of phenolic OH excluding ortho intramolecular Hbond substituents is 1. The maximum Gasteiger partial charge on any atom is 0.122 e. The SMILES string of the molecule is Cc1c(O)c(C)c(-c2ccccc2)c(C)c1-c1ccccc1. The molecule has 0 aliphatic heterocycles. The van der Waals surface area contributed by atoms with Crippen molar-refractivity contribution in [2.45, 2.75) is 20.8 Å². The molecule has 3 aromatic rings. The fourth-order valence-corrected chi connectivity index (χ4v) is 3.28. The van der Waals surface area contributed by atoms with Crippen molar-refractivity contribution >= 4 is 0 Å². The van der Waals surface area contributed by atoms with Crippen LogP contribution in [0.4, 0.5) is 0 Å². The van der Waals surface area contributed by atoms with E-state index in [9.17, 15) is 5.11 Å². The average molecular weight is 288 g/mol. The van der Waals surface area contributed by atoms with Crippen molar-refractivity contribution in [1.82, 2.24) is 0 Å². The lowest BCUT2D eigenvalue weighted by atomic mass is 9.85. The highest BCUT2D eigenvalue weighted by Crippen LogP contribution is 2.42. The summed E-state index contributed by atoms with van der Waals surface area (Å²) in [5.41, 5.74) is 7.65. The van der Waals surface area contributed by atoms with Crippen LogP contribution < -0.4 is 0 Å². The van der Waals surface area contributed by atoms with Gasteiger partial charge < -0.3 is 5.11 Å². The predicted molar refractivity (Wildman–Crippen MR) is 93.2 cm³/mol. The molecule has 110 valence electrons. The third-order valence-corrected chi connectivity index (χ3v) is 4.34. The lowest BCUT2D eigenvalue weighted by Gasteiger charge is -2.20. The summed E-state index contributed by atoms with van der Waals surface area (Å²) in [5.74, 6) is 0.392. The van der Waals surface area contributed by atoms with E-state index < -0.39 is 0 Å². The zero-order chi connectivity index (χ0) is 15.7. The summed E-state index contributed by atoms with van der Waals surface area (Å²) >= 11 is 0. The highest BCUT2D eigenvalue weighted by molar-refractivity contribution is 5.85. The summed E-state index contributed by atoms with van der Waals surface area (Å²) in [5, 5.41) is 10.6. The van der Waals surface area contributed by atoms with Crippen LogP contribution in [0.5, 0.6) is 5.75 Å². The smallest absolute Gasteiger partial charge is 0.122 e. The molecule has 0 fully saturated rings. The molecular formula is C21H20O. The Morgan fingerprint density at radius 1 is 0.545 bits per heavy atom. The van der Waals surface area contributed by atoms with E-state index in [1.165, 1.54) is 5.56 Å². The van der Waals surface area contributed by atoms with E-state index in [0.717, 1.165) is 33.4 Å². The van der Waals surface area contributed by atoms with E-state index in [-0.39, 0.29) is 0 Å². The topological polar surface area (TPSA) is 20.2 Å². The molecule has 1 heteroatoms. The minimum Gasteiger partial charge on any atom is -0.507 e. The van der Waals surface area contributed by atoms with Crippen molar-refractivity contribution in [3.05, 3.63) is 77.4 Å². The van der Waals surface area contributed by atoms with Crippen molar-refractivity contribution in [2.75, 3.05) is 0 Å². The van der Waals surface area contributed by atoms with Crippen LogP contribution in [0.1, 0.15) is 16.7 Å². The summed E-state index contributed by atoms with van der Waals surface area (Å²) in [6.45, 7) is 6.13. The van der Waals surface area contributed by atoms with Crippen LogP contribution in [0.3, 0.4) is 0 Å². The van der Waals surface area contributed by atoms with Gasteiger partial charge in [-0.25, -0.2) is 0 Å². The maximum atomic E-state index is 10.6. The Labute approximate surface area is 131 Å². The quantitative estimate of drug-likeness (QED) is 0.646. The van der Waals surface area contributed by atoms with Gasteiger partial charge in [-0.3, -0.25) is 0 Å². The van der Waals surface area contributed by atoms with E-state index >= 15 is 0 Å². The molecular weight excluding hydrogens is 268 g/mol. The van der Waals surface area contributed by atoms with Gasteiger partial charge in [-0.15, -0.1) is 0 Å². The van der Waals surface area contributed by atoms with Gasteiger partial charge in [-0.1, -0.05) is 60.7 Å². The minimum absolute atomic E-state index is 0.392. The number of phenols is 1. The number of hydrogen-bond donors (Lipinski definition) is 1. The van der Waals surface area contributed by atoms with Gasteiger partial charge in [0, 0.05) is 0 Å². The van der Waals surface area contributed by atoms with E-state index in [0.29, 0.717) is 5.75 Å². The zero-order valence-electron chi connectivity index (χ0n) is 13.2. The molecule has 0 heterocycles. The molecule has 0 spiro atoms. The molecule has 1 N–H and O–H groups in total. The maximum absolute atomic E-state index is 10.6. The van der Waals surface area contributed by atoms with Gasteiger partial charge in [0.15, 0.2) is 0 Å². The summed E-state index contributed by atoms with van der Waals surface area (Å²) < 4.78 is 0. The number of aromatic hydroxyl groups is 1. The Balaban J connectivity index is 2.36. The third-order valence-electron chi connectivity index (χ3n) is 4.34. The van der Waals surface area contributed by atoms with Gasteiger partial charge in [0.1, 0.15) is 5.75 Å². The lowest BCUT2D eigenvalue weighted by Crippen LogP contribution is -1.97. The standard InChI is InChI=1S/C21H20O/c1-14-19(17-10-6-4-7-11-17)15(2)21(22)16(3)20(14)18-12-8-5-9-13-18/h4-13,22H,1-3H3. The number of benzene rings is 3. The van der Waals surface area contributed by atoms with Crippen LogP contribution in [-0.4, -0.2) is 5.11 Å². The highest BCUT2D eigenvalue weighted by atomic mass is 16.3. The lowest BCUT2D eigenvalue weighted by molar-refractivity contribution is 0.467. The van der Waals surface area contributed by atoms with Crippen molar-refractivity contribution < 1.29 is 5.11 Å². The Morgan fingerprint density at radius 3 is 1.27 bits per heavy atom. The van der Waals surface area contributed by atoms with Crippen molar-refractivity contribution in [2.24, 2.45) is 0 Å². The fraction of sp³-hybridized carbons (Fsp3) is 0.143. The monoisotopic (exact) mass is 288 g/mol. The van der Waals surface area contributed by atoms with E-state index in [2.05, 4.69) is 31.2 Å². The van der Waals surface area contributed by atoms with Crippen LogP contribution in [0.25, 0.3) is 22.3 Å². The summed E-state index contributed by atoms with van der Waals surface area (Å²) in [7, 11) is 0. The molecule has 0 atom stereocenters. The molecule has 0 bridgehead atoms. The molecule has 0 unspecified atom stereocenters. The van der Waals surface area contributed by atoms with Crippen molar-refractivity contribution in [3.8, 4) is 28.0 Å². The summed E-state index contributed by atoms with van der Waals surface area (Å²) in [6, 6.07) is 20.6. The Kier molecular flexibility index (Phi) is 3.72. The van der Waals surface area contributed by atoms with E-state index in [1.807, 2.05) is 50.2 Å². The number of rotatable bonds is 2. The van der Waals surface area contributed by atoms with Crippen molar-refractivity contribution in [1.29, 1.82) is 0 Å². The molecule has 0 amide bonds. The number of hydrogen-bond acceptors (Lipinski definition) is 1. The van der Waals surface area contributed by atoms with Crippen LogP contribution in [0.2, 0.25) is 0 Å². The van der Waals surface area contributed by atoms with Gasteiger partial charge in [0.25, 0.3) is 0 Å². The average Bonchev–Trinajstić information content (AvgIpc) is 2.55. The Morgan fingerprint density at radius 2 is 0.909 bits per heavy atom. The molecule has 0 aromatic heterocycles. The van der Waals surface area contributed by atoms with Gasteiger partial charge in [-0.05, 0) is 59.7 Å². The van der Waals surface area contributed by atoms with E-state index in [1.54, 1.807) is 0 Å². The first-order valence-electron chi connectivity index (χ1n) is 7.54. The molecule has 0 aliphatic rings. The molecule has 3 rings (SSSR count). The second kappa shape index (κ2) is 5.69. The molecule has 0 saturated carbocycles. The second-order valence-corrected chi connectivity index (χ2v) is 5.71. The van der Waals surface area contributed by atoms with Crippen LogP contribution in [-0.2, 0) is 0 Å². The molecule has 0 aliphatic carbocycles. The first kappa shape index (κ1) is 14.4. The zero-order valence-corrected chi connectivity index (χ0v) is 13.2.